The Labute approximate surface area is 212 Å². The van der Waals surface area contributed by atoms with Crippen LogP contribution in [0.25, 0.3) is 50.0 Å². The molecule has 0 radical (unpaired) electrons. The lowest BCUT2D eigenvalue weighted by atomic mass is 9.82. The molecule has 1 aliphatic carbocycles. The molecule has 0 fully saturated rings. The van der Waals surface area contributed by atoms with Gasteiger partial charge in [0.25, 0.3) is 0 Å². The van der Waals surface area contributed by atoms with Gasteiger partial charge < -0.3 is 4.57 Å². The summed E-state index contributed by atoms with van der Waals surface area (Å²) < 4.78 is 2.37. The Morgan fingerprint density at radius 2 is 1.17 bits per heavy atom. The van der Waals surface area contributed by atoms with E-state index in [1.54, 1.807) is 0 Å². The van der Waals surface area contributed by atoms with E-state index >= 15 is 0 Å². The molecular weight excluding hydrogens is 434 g/mol. The van der Waals surface area contributed by atoms with Gasteiger partial charge in [-0.25, -0.2) is 0 Å². The fourth-order valence-electron chi connectivity index (χ4n) is 5.94. The Balaban J connectivity index is 1.45. The van der Waals surface area contributed by atoms with E-state index in [1.807, 2.05) is 0 Å². The smallest absolute Gasteiger partial charge is 0.0535 e. The van der Waals surface area contributed by atoms with E-state index in [9.17, 15) is 0 Å². The first-order valence-corrected chi connectivity index (χ1v) is 12.6. The summed E-state index contributed by atoms with van der Waals surface area (Å²) in [5.41, 5.74) is 12.9. The maximum Gasteiger partial charge on any atom is 0.0535 e. The number of benzene rings is 5. The molecule has 1 heteroatoms. The van der Waals surface area contributed by atoms with Crippen LogP contribution in [0.3, 0.4) is 0 Å². The van der Waals surface area contributed by atoms with Crippen LogP contribution in [-0.2, 0) is 5.41 Å². The summed E-state index contributed by atoms with van der Waals surface area (Å²) in [5.74, 6) is 0. The molecule has 36 heavy (non-hydrogen) atoms. The molecule has 0 atom stereocenters. The predicted molar refractivity (Wildman–Crippen MR) is 152 cm³/mol. The number of hydrogen-bond donors (Lipinski definition) is 0. The van der Waals surface area contributed by atoms with Gasteiger partial charge in [-0.05, 0) is 63.2 Å². The third-order valence-electron chi connectivity index (χ3n) is 7.84. The van der Waals surface area contributed by atoms with Gasteiger partial charge in [0.2, 0.25) is 0 Å². The molecule has 1 aliphatic rings. The minimum Gasteiger partial charge on any atom is -0.316 e. The highest BCUT2D eigenvalue weighted by atomic mass is 15.0. The third kappa shape index (κ3) is 3.09. The Kier molecular flexibility index (Phi) is 4.56. The lowest BCUT2D eigenvalue weighted by Crippen LogP contribution is -2.15. The van der Waals surface area contributed by atoms with Crippen LogP contribution in [0.1, 0.15) is 25.0 Å². The summed E-state index contributed by atoms with van der Waals surface area (Å²) in [4.78, 5) is 0. The number of aromatic nitrogens is 1. The molecule has 0 N–H and O–H groups in total. The van der Waals surface area contributed by atoms with Gasteiger partial charge in [0.05, 0.1) is 5.52 Å². The molecule has 0 saturated heterocycles. The average Bonchev–Trinajstić information content (AvgIpc) is 3.42. The maximum atomic E-state index is 2.40. The molecule has 1 nitrogen and oxygen atoms in total. The van der Waals surface area contributed by atoms with Crippen molar-refractivity contribution in [3.63, 3.8) is 0 Å². The molecule has 1 heterocycles. The summed E-state index contributed by atoms with van der Waals surface area (Å²) in [5, 5.41) is 1.27. The molecule has 0 bridgehead atoms. The highest BCUT2D eigenvalue weighted by molar-refractivity contribution is 5.99. The van der Waals surface area contributed by atoms with E-state index in [0.29, 0.717) is 0 Å². The van der Waals surface area contributed by atoms with Crippen molar-refractivity contribution in [2.24, 2.45) is 0 Å². The minimum atomic E-state index is -0.0202. The van der Waals surface area contributed by atoms with Crippen LogP contribution >= 0.6 is 0 Å². The van der Waals surface area contributed by atoms with Crippen LogP contribution < -0.4 is 0 Å². The van der Waals surface area contributed by atoms with Gasteiger partial charge in [-0.15, -0.1) is 0 Å². The normalized spacial score (nSPS) is 13.5. The van der Waals surface area contributed by atoms with Crippen LogP contribution in [-0.4, -0.2) is 4.57 Å². The topological polar surface area (TPSA) is 4.93 Å². The zero-order valence-electron chi connectivity index (χ0n) is 20.6. The SMILES string of the molecule is CC1(C)c2ccccc2-c2ccc(-n3cc(-c4ccccc4)c4cc(-c5ccccc5)ccc43)cc21. The summed E-state index contributed by atoms with van der Waals surface area (Å²) >= 11 is 0. The molecule has 0 saturated carbocycles. The highest BCUT2D eigenvalue weighted by Crippen LogP contribution is 2.49. The van der Waals surface area contributed by atoms with Crippen LogP contribution in [0.2, 0.25) is 0 Å². The molecule has 7 rings (SSSR count). The highest BCUT2D eigenvalue weighted by Gasteiger charge is 2.35. The van der Waals surface area contributed by atoms with E-state index in [4.69, 9.17) is 0 Å². The molecule has 5 aromatic carbocycles. The van der Waals surface area contributed by atoms with Gasteiger partial charge in [0.1, 0.15) is 0 Å². The zero-order valence-corrected chi connectivity index (χ0v) is 20.6. The van der Waals surface area contributed by atoms with Crippen LogP contribution in [0.5, 0.6) is 0 Å². The Hall–Kier alpha value is -4.36. The van der Waals surface area contributed by atoms with Gasteiger partial charge >= 0.3 is 0 Å². The summed E-state index contributed by atoms with van der Waals surface area (Å²) in [6.45, 7) is 4.69. The van der Waals surface area contributed by atoms with Crippen molar-refractivity contribution < 1.29 is 0 Å². The fraction of sp³-hybridized carbons (Fsp3) is 0.0857. The van der Waals surface area contributed by atoms with Crippen molar-refractivity contribution in [3.8, 4) is 39.1 Å². The summed E-state index contributed by atoms with van der Waals surface area (Å²) in [7, 11) is 0. The van der Waals surface area contributed by atoms with E-state index in [-0.39, 0.29) is 5.41 Å². The molecule has 1 aromatic heterocycles. The minimum absolute atomic E-state index is 0.0202. The van der Waals surface area contributed by atoms with Crippen LogP contribution in [0.15, 0.2) is 128 Å². The second kappa shape index (κ2) is 7.83. The fourth-order valence-corrected chi connectivity index (χ4v) is 5.94. The van der Waals surface area contributed by atoms with Crippen molar-refractivity contribution >= 4 is 10.9 Å². The van der Waals surface area contributed by atoms with Crippen molar-refractivity contribution in [2.75, 3.05) is 0 Å². The zero-order chi connectivity index (χ0) is 24.3. The van der Waals surface area contributed by atoms with Crippen LogP contribution in [0.4, 0.5) is 0 Å². The van der Waals surface area contributed by atoms with Crippen molar-refractivity contribution in [1.29, 1.82) is 0 Å². The number of fused-ring (bicyclic) bond motifs is 4. The maximum absolute atomic E-state index is 2.40. The van der Waals surface area contributed by atoms with Gasteiger partial charge in [0, 0.05) is 28.2 Å². The first-order chi connectivity index (χ1) is 17.6. The quantitative estimate of drug-likeness (QED) is 0.247. The lowest BCUT2D eigenvalue weighted by Gasteiger charge is -2.22. The average molecular weight is 462 g/mol. The molecular formula is C35H27N. The van der Waals surface area contributed by atoms with Crippen molar-refractivity contribution in [2.45, 2.75) is 19.3 Å². The standard InChI is InChI=1S/C35H27N/c1-35(2)32-16-10-9-15-28(32)29-19-18-27(22-33(29)35)36-23-31(25-13-7-4-8-14-25)30-21-26(17-20-34(30)36)24-11-5-3-6-12-24/h3-23H,1-2H3. The summed E-state index contributed by atoms with van der Waals surface area (Å²) in [6.07, 6.45) is 2.31. The largest absolute Gasteiger partial charge is 0.316 e. The third-order valence-corrected chi connectivity index (χ3v) is 7.84. The van der Waals surface area contributed by atoms with Gasteiger partial charge in [-0.2, -0.15) is 0 Å². The Morgan fingerprint density at radius 3 is 1.94 bits per heavy atom. The van der Waals surface area contributed by atoms with E-state index < -0.39 is 0 Å². The first kappa shape index (κ1) is 21.0. The van der Waals surface area contributed by atoms with E-state index in [1.165, 1.54) is 61.1 Å². The van der Waals surface area contributed by atoms with Gasteiger partial charge in [0.15, 0.2) is 0 Å². The number of nitrogens with zero attached hydrogens (tertiary/aromatic N) is 1. The second-order valence-corrected chi connectivity index (χ2v) is 10.3. The molecule has 6 aromatic rings. The van der Waals surface area contributed by atoms with Gasteiger partial charge in [-0.1, -0.05) is 111 Å². The lowest BCUT2D eigenvalue weighted by molar-refractivity contribution is 0.660. The molecule has 0 amide bonds. The monoisotopic (exact) mass is 461 g/mol. The van der Waals surface area contributed by atoms with E-state index in [2.05, 4.69) is 146 Å². The Bertz CT molecular complexity index is 1740. The van der Waals surface area contributed by atoms with E-state index in [0.717, 1.165) is 0 Å². The number of hydrogen-bond acceptors (Lipinski definition) is 0. The molecule has 0 aliphatic heterocycles. The predicted octanol–water partition coefficient (Wildman–Crippen LogP) is 9.27. The molecule has 172 valence electrons. The Morgan fingerprint density at radius 1 is 0.500 bits per heavy atom. The second-order valence-electron chi connectivity index (χ2n) is 10.3. The number of rotatable bonds is 3. The van der Waals surface area contributed by atoms with Crippen molar-refractivity contribution in [3.05, 3.63) is 139 Å². The summed E-state index contributed by atoms with van der Waals surface area (Å²) in [6, 6.07) is 44.1. The van der Waals surface area contributed by atoms with Gasteiger partial charge in [-0.3, -0.25) is 0 Å². The van der Waals surface area contributed by atoms with Crippen LogP contribution in [0, 0.1) is 0 Å². The molecule has 0 unspecified atom stereocenters. The first-order valence-electron chi connectivity index (χ1n) is 12.6. The van der Waals surface area contributed by atoms with Crippen molar-refractivity contribution in [1.82, 2.24) is 4.57 Å². The molecule has 0 spiro atoms.